The lowest BCUT2D eigenvalue weighted by molar-refractivity contribution is -0.116. The Labute approximate surface area is 109 Å². The van der Waals surface area contributed by atoms with Gasteiger partial charge in [0.15, 0.2) is 0 Å². The second-order valence-corrected chi connectivity index (χ2v) is 3.97. The van der Waals surface area contributed by atoms with E-state index in [1.807, 2.05) is 0 Å². The molecule has 1 aliphatic heterocycles. The van der Waals surface area contributed by atoms with Crippen LogP contribution in [0.3, 0.4) is 0 Å². The van der Waals surface area contributed by atoms with E-state index in [4.69, 9.17) is 10.5 Å². The summed E-state index contributed by atoms with van der Waals surface area (Å²) in [5.41, 5.74) is 1.21. The number of carbonyl (C=O) groups is 1. The van der Waals surface area contributed by atoms with Crippen LogP contribution >= 0.6 is 0 Å². The fourth-order valence-electron chi connectivity index (χ4n) is 1.78. The number of nitrogens with zero attached hydrogens (tertiary/aromatic N) is 2. The van der Waals surface area contributed by atoms with Gasteiger partial charge in [0.1, 0.15) is 23.5 Å². The number of aryl methyl sites for hydroxylation is 1. The molecule has 1 amide bonds. The Morgan fingerprint density at radius 2 is 2.11 bits per heavy atom. The molecule has 0 bridgehead atoms. The van der Waals surface area contributed by atoms with Crippen molar-refractivity contribution in [1.29, 1.82) is 10.5 Å². The number of hydrogen-bond acceptors (Lipinski definition) is 4. The molecule has 0 radical (unpaired) electrons. The third-order valence-electron chi connectivity index (χ3n) is 2.68. The monoisotopic (exact) mass is 256 g/mol. The van der Waals surface area contributed by atoms with Gasteiger partial charge in [0.25, 0.3) is 0 Å². The molecule has 19 heavy (non-hydrogen) atoms. The lowest BCUT2D eigenvalue weighted by atomic mass is 10.0. The minimum atomic E-state index is -0.545. The van der Waals surface area contributed by atoms with E-state index in [9.17, 15) is 9.18 Å². The Bertz CT molecular complexity index is 636. The van der Waals surface area contributed by atoms with E-state index in [0.29, 0.717) is 24.1 Å². The Morgan fingerprint density at radius 3 is 2.79 bits per heavy atom. The van der Waals surface area contributed by atoms with E-state index in [1.165, 1.54) is 12.3 Å². The summed E-state index contributed by atoms with van der Waals surface area (Å²) < 4.78 is 13.8. The summed E-state index contributed by atoms with van der Waals surface area (Å²) in [6.45, 7) is 0. The molecule has 0 saturated carbocycles. The minimum absolute atomic E-state index is 0.105. The fourth-order valence-corrected chi connectivity index (χ4v) is 1.78. The predicted molar refractivity (Wildman–Crippen MR) is 66.3 cm³/mol. The molecule has 1 heterocycles. The Kier molecular flexibility index (Phi) is 3.44. The first-order chi connectivity index (χ1) is 9.13. The lowest BCUT2D eigenvalue weighted by Crippen LogP contribution is -2.20. The largest absolute Gasteiger partial charge is 0.360 e. The maximum absolute atomic E-state index is 13.8. The van der Waals surface area contributed by atoms with Gasteiger partial charge in [-0.25, -0.2) is 4.39 Å². The molecule has 0 saturated heterocycles. The number of nitriles is 2. The molecule has 2 rings (SSSR count). The molecule has 94 valence electrons. The number of amides is 1. The molecule has 6 heteroatoms. The summed E-state index contributed by atoms with van der Waals surface area (Å²) in [6, 6.07) is 6.27. The Balaban J connectivity index is 2.29. The van der Waals surface area contributed by atoms with Gasteiger partial charge < -0.3 is 10.6 Å². The van der Waals surface area contributed by atoms with Gasteiger partial charge in [0.2, 0.25) is 5.91 Å². The number of benzene rings is 1. The number of fused-ring (bicyclic) bond motifs is 1. The summed E-state index contributed by atoms with van der Waals surface area (Å²) in [5, 5.41) is 22.3. The molecule has 0 aromatic heterocycles. The molecular weight excluding hydrogens is 247 g/mol. The van der Waals surface area contributed by atoms with Crippen LogP contribution in [-0.4, -0.2) is 5.91 Å². The van der Waals surface area contributed by atoms with E-state index in [1.54, 1.807) is 18.2 Å². The van der Waals surface area contributed by atoms with Crippen LogP contribution in [0, 0.1) is 28.5 Å². The summed E-state index contributed by atoms with van der Waals surface area (Å²) in [6.07, 6.45) is 1.98. The maximum Gasteiger partial charge on any atom is 0.224 e. The second-order valence-electron chi connectivity index (χ2n) is 3.97. The van der Waals surface area contributed by atoms with E-state index < -0.39 is 5.82 Å². The highest BCUT2D eigenvalue weighted by atomic mass is 19.1. The van der Waals surface area contributed by atoms with Crippen LogP contribution in [-0.2, 0) is 11.2 Å². The number of hydrogen-bond donors (Lipinski definition) is 2. The first-order valence-electron chi connectivity index (χ1n) is 5.53. The standard InChI is InChI=1S/C13H9FN4O/c14-11-4-10(17-7-8(5-15)6-16)3-9-1-2-12(19)18-13(9)11/h3-4,7,17H,1-2H2,(H,18,19). The molecule has 0 spiro atoms. The number of rotatable bonds is 2. The molecule has 0 unspecified atom stereocenters. The van der Waals surface area contributed by atoms with Crippen molar-refractivity contribution in [2.24, 2.45) is 0 Å². The minimum Gasteiger partial charge on any atom is -0.360 e. The Morgan fingerprint density at radius 1 is 1.37 bits per heavy atom. The molecule has 5 nitrogen and oxygen atoms in total. The van der Waals surface area contributed by atoms with Crippen molar-refractivity contribution in [2.45, 2.75) is 12.8 Å². The van der Waals surface area contributed by atoms with E-state index in [2.05, 4.69) is 10.6 Å². The molecule has 1 aromatic carbocycles. The molecule has 2 N–H and O–H groups in total. The highest BCUT2D eigenvalue weighted by molar-refractivity contribution is 5.94. The van der Waals surface area contributed by atoms with Crippen molar-refractivity contribution in [3.8, 4) is 12.1 Å². The maximum atomic E-state index is 13.8. The van der Waals surface area contributed by atoms with Crippen molar-refractivity contribution in [2.75, 3.05) is 10.6 Å². The van der Waals surface area contributed by atoms with Crippen LogP contribution in [0.1, 0.15) is 12.0 Å². The fraction of sp³-hybridized carbons (Fsp3) is 0.154. The van der Waals surface area contributed by atoms with Crippen LogP contribution in [0.25, 0.3) is 0 Å². The highest BCUT2D eigenvalue weighted by Gasteiger charge is 2.19. The van der Waals surface area contributed by atoms with Crippen molar-refractivity contribution in [3.05, 3.63) is 35.3 Å². The van der Waals surface area contributed by atoms with Crippen LogP contribution in [0.4, 0.5) is 15.8 Å². The summed E-state index contributed by atoms with van der Waals surface area (Å²) >= 11 is 0. The van der Waals surface area contributed by atoms with Gasteiger partial charge in [-0.3, -0.25) is 4.79 Å². The second kappa shape index (κ2) is 5.19. The number of allylic oxidation sites excluding steroid dienone is 1. The van der Waals surface area contributed by atoms with Gasteiger partial charge >= 0.3 is 0 Å². The average Bonchev–Trinajstić information content (AvgIpc) is 2.41. The summed E-state index contributed by atoms with van der Waals surface area (Å²) in [4.78, 5) is 11.2. The zero-order valence-corrected chi connectivity index (χ0v) is 9.83. The number of anilines is 2. The van der Waals surface area contributed by atoms with Gasteiger partial charge in [0.05, 0.1) is 5.69 Å². The predicted octanol–water partition coefficient (Wildman–Crippen LogP) is 2.05. The van der Waals surface area contributed by atoms with Gasteiger partial charge in [0, 0.05) is 18.3 Å². The zero-order valence-electron chi connectivity index (χ0n) is 9.83. The molecule has 0 fully saturated rings. The molecule has 0 aliphatic carbocycles. The van der Waals surface area contributed by atoms with Crippen molar-refractivity contribution < 1.29 is 9.18 Å². The topological polar surface area (TPSA) is 88.7 Å². The van der Waals surface area contributed by atoms with E-state index >= 15 is 0 Å². The third-order valence-corrected chi connectivity index (χ3v) is 2.68. The first kappa shape index (κ1) is 12.6. The van der Waals surface area contributed by atoms with E-state index in [-0.39, 0.29) is 17.2 Å². The molecule has 1 aliphatic rings. The normalized spacial score (nSPS) is 12.5. The van der Waals surface area contributed by atoms with Crippen LogP contribution in [0.5, 0.6) is 0 Å². The highest BCUT2D eigenvalue weighted by Crippen LogP contribution is 2.29. The van der Waals surface area contributed by atoms with Gasteiger partial charge in [-0.1, -0.05) is 0 Å². The van der Waals surface area contributed by atoms with Crippen LogP contribution < -0.4 is 10.6 Å². The zero-order chi connectivity index (χ0) is 13.8. The number of nitrogens with one attached hydrogen (secondary N) is 2. The molecule has 1 aromatic rings. The van der Waals surface area contributed by atoms with Crippen LogP contribution in [0.15, 0.2) is 23.9 Å². The molecule has 0 atom stereocenters. The SMILES string of the molecule is N#CC(C#N)=CNc1cc(F)c2c(c1)CCC(=O)N2. The van der Waals surface area contributed by atoms with Gasteiger partial charge in [-0.2, -0.15) is 10.5 Å². The lowest BCUT2D eigenvalue weighted by Gasteiger charge is -2.18. The molecular formula is C13H9FN4O. The van der Waals surface area contributed by atoms with E-state index in [0.717, 1.165) is 0 Å². The summed E-state index contributed by atoms with van der Waals surface area (Å²) in [7, 11) is 0. The quantitative estimate of drug-likeness (QED) is 0.792. The van der Waals surface area contributed by atoms with Crippen LogP contribution in [0.2, 0.25) is 0 Å². The average molecular weight is 256 g/mol. The summed E-state index contributed by atoms with van der Waals surface area (Å²) in [5.74, 6) is -0.750. The number of halogens is 1. The van der Waals surface area contributed by atoms with Crippen molar-refractivity contribution >= 4 is 17.3 Å². The third kappa shape index (κ3) is 2.70. The first-order valence-corrected chi connectivity index (χ1v) is 5.53. The van der Waals surface area contributed by atoms with Crippen molar-refractivity contribution in [3.63, 3.8) is 0 Å². The van der Waals surface area contributed by atoms with Crippen molar-refractivity contribution in [1.82, 2.24) is 0 Å². The Hall–Kier alpha value is -2.86. The van der Waals surface area contributed by atoms with Gasteiger partial charge in [-0.05, 0) is 24.1 Å². The number of carbonyl (C=O) groups excluding carboxylic acids is 1. The van der Waals surface area contributed by atoms with Gasteiger partial charge in [-0.15, -0.1) is 0 Å². The smallest absolute Gasteiger partial charge is 0.224 e.